The molecule has 1 saturated heterocycles. The molecular weight excluding hydrogens is 396 g/mol. The zero-order chi connectivity index (χ0) is 21.2. The molecule has 0 saturated carbocycles. The van der Waals surface area contributed by atoms with Crippen molar-refractivity contribution in [3.05, 3.63) is 57.6 Å². The van der Waals surface area contributed by atoms with Crippen LogP contribution in [-0.4, -0.2) is 43.9 Å². The van der Waals surface area contributed by atoms with Gasteiger partial charge >= 0.3 is 0 Å². The Balaban J connectivity index is 2.07. The number of sulfonamides is 1. The maximum atomic E-state index is 13.2. The van der Waals surface area contributed by atoms with Crippen molar-refractivity contribution in [3.8, 4) is 11.5 Å². The molecule has 8 nitrogen and oxygen atoms in total. The fraction of sp³-hybridized carbons (Fsp3) is 0.400. The van der Waals surface area contributed by atoms with Gasteiger partial charge in [0.1, 0.15) is 16.4 Å². The lowest BCUT2D eigenvalue weighted by Gasteiger charge is -2.26. The highest BCUT2D eigenvalue weighted by Gasteiger charge is 2.31. The van der Waals surface area contributed by atoms with Gasteiger partial charge in [-0.1, -0.05) is 26.0 Å². The molecule has 9 heteroatoms. The van der Waals surface area contributed by atoms with Crippen LogP contribution in [0.4, 0.5) is 5.69 Å². The molecule has 2 aromatic carbocycles. The van der Waals surface area contributed by atoms with Crippen molar-refractivity contribution < 1.29 is 22.8 Å². The molecule has 0 N–H and O–H groups in total. The Labute approximate surface area is 170 Å². The number of hydrogen-bond acceptors (Lipinski definition) is 6. The summed E-state index contributed by atoms with van der Waals surface area (Å²) in [5.74, 6) is 0.848. The van der Waals surface area contributed by atoms with E-state index in [0.29, 0.717) is 5.75 Å². The molecule has 0 spiro atoms. The Morgan fingerprint density at radius 1 is 1.10 bits per heavy atom. The lowest BCUT2D eigenvalue weighted by atomic mass is 10.0. The van der Waals surface area contributed by atoms with Gasteiger partial charge in [0.2, 0.25) is 10.0 Å². The van der Waals surface area contributed by atoms with Crippen molar-refractivity contribution in [1.82, 2.24) is 4.31 Å². The van der Waals surface area contributed by atoms with E-state index in [1.165, 1.54) is 16.4 Å². The summed E-state index contributed by atoms with van der Waals surface area (Å²) in [5, 5.41) is 11.2. The summed E-state index contributed by atoms with van der Waals surface area (Å²) in [5.41, 5.74) is 1.57. The van der Waals surface area contributed by atoms with E-state index in [2.05, 4.69) is 13.8 Å². The first-order chi connectivity index (χ1) is 13.7. The Bertz CT molecular complexity index is 1010. The van der Waals surface area contributed by atoms with Crippen LogP contribution in [0.3, 0.4) is 0 Å². The van der Waals surface area contributed by atoms with Gasteiger partial charge in [0.15, 0.2) is 0 Å². The zero-order valence-corrected chi connectivity index (χ0v) is 17.4. The average molecular weight is 420 g/mol. The number of nitro groups is 1. The number of hydrogen-bond donors (Lipinski definition) is 0. The standard InChI is InChI=1S/C20H24N2O6S/c1-14(2)16-5-4-15(3)19(12-16)28-18-7-6-17(22(23)24)13-20(18)29(25,26)21-8-10-27-11-9-21/h4-7,12-14H,8-11H2,1-3H3. The second-order valence-electron chi connectivity index (χ2n) is 7.19. The van der Waals surface area contributed by atoms with Crippen LogP contribution in [0.25, 0.3) is 0 Å². The number of aryl methyl sites for hydroxylation is 1. The summed E-state index contributed by atoms with van der Waals surface area (Å²) in [6, 6.07) is 9.41. The van der Waals surface area contributed by atoms with Crippen LogP contribution in [0.2, 0.25) is 0 Å². The third kappa shape index (κ3) is 4.58. The van der Waals surface area contributed by atoms with Crippen molar-refractivity contribution in [3.63, 3.8) is 0 Å². The molecule has 2 aromatic rings. The number of nitro benzene ring substituents is 1. The first-order valence-electron chi connectivity index (χ1n) is 9.35. The minimum atomic E-state index is -3.98. The molecule has 156 valence electrons. The topological polar surface area (TPSA) is 99.0 Å². The summed E-state index contributed by atoms with van der Waals surface area (Å²) in [7, 11) is -3.98. The van der Waals surface area contributed by atoms with E-state index in [9.17, 15) is 18.5 Å². The lowest BCUT2D eigenvalue weighted by molar-refractivity contribution is -0.385. The highest BCUT2D eigenvalue weighted by molar-refractivity contribution is 7.89. The summed E-state index contributed by atoms with van der Waals surface area (Å²) < 4.78 is 38.9. The number of non-ortho nitro benzene ring substituents is 1. The Hall–Kier alpha value is -2.49. The van der Waals surface area contributed by atoms with E-state index in [1.807, 2.05) is 25.1 Å². The summed E-state index contributed by atoms with van der Waals surface area (Å²) in [6.07, 6.45) is 0. The van der Waals surface area contributed by atoms with Gasteiger partial charge in [0.25, 0.3) is 5.69 Å². The second kappa shape index (κ2) is 8.48. The SMILES string of the molecule is Cc1ccc(C(C)C)cc1Oc1ccc([N+](=O)[O-])cc1S(=O)(=O)N1CCOCC1. The van der Waals surface area contributed by atoms with Crippen LogP contribution in [0, 0.1) is 17.0 Å². The van der Waals surface area contributed by atoms with Gasteiger partial charge in [-0.3, -0.25) is 10.1 Å². The molecule has 0 amide bonds. The Morgan fingerprint density at radius 2 is 1.79 bits per heavy atom. The van der Waals surface area contributed by atoms with Gasteiger partial charge in [0.05, 0.1) is 18.1 Å². The van der Waals surface area contributed by atoms with E-state index in [-0.39, 0.29) is 48.6 Å². The fourth-order valence-electron chi connectivity index (χ4n) is 3.03. The highest BCUT2D eigenvalue weighted by Crippen LogP contribution is 2.36. The predicted octanol–water partition coefficient (Wildman–Crippen LogP) is 3.84. The van der Waals surface area contributed by atoms with Crippen molar-refractivity contribution in [2.75, 3.05) is 26.3 Å². The molecule has 0 aliphatic carbocycles. The molecular formula is C20H24N2O6S. The van der Waals surface area contributed by atoms with Crippen molar-refractivity contribution in [2.45, 2.75) is 31.6 Å². The van der Waals surface area contributed by atoms with Crippen LogP contribution < -0.4 is 4.74 Å². The van der Waals surface area contributed by atoms with Crippen molar-refractivity contribution >= 4 is 15.7 Å². The van der Waals surface area contributed by atoms with Crippen LogP contribution in [0.1, 0.15) is 30.9 Å². The summed E-state index contributed by atoms with van der Waals surface area (Å²) in [6.45, 7) is 6.89. The first kappa shape index (κ1) is 21.2. The Morgan fingerprint density at radius 3 is 2.41 bits per heavy atom. The quantitative estimate of drug-likeness (QED) is 0.520. The molecule has 1 fully saturated rings. The van der Waals surface area contributed by atoms with Gasteiger partial charge in [0, 0.05) is 25.2 Å². The number of ether oxygens (including phenoxy) is 2. The highest BCUT2D eigenvalue weighted by atomic mass is 32.2. The normalized spacial score (nSPS) is 15.4. The minimum Gasteiger partial charge on any atom is -0.456 e. The zero-order valence-electron chi connectivity index (χ0n) is 16.6. The smallest absolute Gasteiger partial charge is 0.271 e. The molecule has 0 bridgehead atoms. The maximum absolute atomic E-state index is 13.2. The van der Waals surface area contributed by atoms with Crippen LogP contribution in [-0.2, 0) is 14.8 Å². The molecule has 3 rings (SSSR count). The average Bonchev–Trinajstić information content (AvgIpc) is 2.70. The second-order valence-corrected chi connectivity index (χ2v) is 9.09. The predicted molar refractivity (Wildman–Crippen MR) is 108 cm³/mol. The van der Waals surface area contributed by atoms with Crippen molar-refractivity contribution in [1.29, 1.82) is 0 Å². The van der Waals surface area contributed by atoms with Gasteiger partial charge in [-0.25, -0.2) is 8.42 Å². The van der Waals surface area contributed by atoms with E-state index in [4.69, 9.17) is 9.47 Å². The van der Waals surface area contributed by atoms with E-state index >= 15 is 0 Å². The molecule has 1 aliphatic heterocycles. The molecule has 0 unspecified atom stereocenters. The maximum Gasteiger partial charge on any atom is 0.271 e. The number of benzene rings is 2. The molecule has 0 aromatic heterocycles. The summed E-state index contributed by atoms with van der Waals surface area (Å²) >= 11 is 0. The fourth-order valence-corrected chi connectivity index (χ4v) is 4.57. The monoisotopic (exact) mass is 420 g/mol. The summed E-state index contributed by atoms with van der Waals surface area (Å²) in [4.78, 5) is 10.4. The van der Waals surface area contributed by atoms with E-state index < -0.39 is 14.9 Å². The largest absolute Gasteiger partial charge is 0.456 e. The van der Waals surface area contributed by atoms with Crippen LogP contribution >= 0.6 is 0 Å². The number of nitrogens with zero attached hydrogens (tertiary/aromatic N) is 2. The van der Waals surface area contributed by atoms with Gasteiger partial charge in [-0.2, -0.15) is 4.31 Å². The third-order valence-corrected chi connectivity index (χ3v) is 6.74. The molecule has 1 heterocycles. The molecule has 1 aliphatic rings. The van der Waals surface area contributed by atoms with E-state index in [1.54, 1.807) is 0 Å². The first-order valence-corrected chi connectivity index (χ1v) is 10.8. The van der Waals surface area contributed by atoms with Crippen LogP contribution in [0.15, 0.2) is 41.3 Å². The van der Waals surface area contributed by atoms with Gasteiger partial charge < -0.3 is 9.47 Å². The van der Waals surface area contributed by atoms with Crippen LogP contribution in [0.5, 0.6) is 11.5 Å². The molecule has 29 heavy (non-hydrogen) atoms. The van der Waals surface area contributed by atoms with E-state index in [0.717, 1.165) is 17.2 Å². The lowest BCUT2D eigenvalue weighted by Crippen LogP contribution is -2.40. The van der Waals surface area contributed by atoms with Crippen molar-refractivity contribution in [2.24, 2.45) is 0 Å². The Kier molecular flexibility index (Phi) is 6.21. The van der Waals surface area contributed by atoms with Gasteiger partial charge in [-0.05, 0) is 36.1 Å². The molecule has 0 atom stereocenters. The minimum absolute atomic E-state index is 0.0612. The number of rotatable bonds is 6. The third-order valence-electron chi connectivity index (χ3n) is 4.82. The molecule has 0 radical (unpaired) electrons. The van der Waals surface area contributed by atoms with Gasteiger partial charge in [-0.15, -0.1) is 0 Å². The number of morpholine rings is 1.